The highest BCUT2D eigenvalue weighted by molar-refractivity contribution is 7.91. The van der Waals surface area contributed by atoms with E-state index in [1.54, 1.807) is 6.92 Å². The Bertz CT molecular complexity index is 496. The van der Waals surface area contributed by atoms with Crippen LogP contribution in [0, 0.1) is 5.92 Å². The summed E-state index contributed by atoms with van der Waals surface area (Å²) in [4.78, 5) is 0. The first-order valence-corrected chi connectivity index (χ1v) is 7.89. The molecule has 2 atom stereocenters. The van der Waals surface area contributed by atoms with E-state index in [4.69, 9.17) is 5.73 Å². The molecule has 0 amide bonds. The van der Waals surface area contributed by atoms with Gasteiger partial charge in [0.25, 0.3) is 0 Å². The zero-order valence-electron chi connectivity index (χ0n) is 10.1. The van der Waals surface area contributed by atoms with E-state index in [1.807, 2.05) is 18.2 Å². The van der Waals surface area contributed by atoms with Gasteiger partial charge in [0, 0.05) is 11.8 Å². The Hall–Kier alpha value is -0.870. The monoisotopic (exact) mass is 253 g/mol. The van der Waals surface area contributed by atoms with Crippen LogP contribution in [0.15, 0.2) is 24.3 Å². The van der Waals surface area contributed by atoms with Crippen LogP contribution in [0.3, 0.4) is 0 Å². The number of fused-ring (bicyclic) bond motifs is 1. The van der Waals surface area contributed by atoms with Crippen LogP contribution >= 0.6 is 0 Å². The Morgan fingerprint density at radius 2 is 2.06 bits per heavy atom. The maximum absolute atomic E-state index is 11.5. The second kappa shape index (κ2) is 4.78. The number of nitrogens with two attached hydrogens (primary N) is 1. The van der Waals surface area contributed by atoms with Crippen LogP contribution in [0.5, 0.6) is 0 Å². The van der Waals surface area contributed by atoms with Crippen molar-refractivity contribution in [3.8, 4) is 0 Å². The third kappa shape index (κ3) is 2.69. The molecule has 0 aromatic heterocycles. The molecule has 1 aliphatic carbocycles. The van der Waals surface area contributed by atoms with Gasteiger partial charge in [-0.3, -0.25) is 0 Å². The summed E-state index contributed by atoms with van der Waals surface area (Å²) < 4.78 is 23.0. The summed E-state index contributed by atoms with van der Waals surface area (Å²) in [5, 5.41) is 0. The van der Waals surface area contributed by atoms with Gasteiger partial charge < -0.3 is 5.73 Å². The lowest BCUT2D eigenvalue weighted by Gasteiger charge is -2.15. The fraction of sp³-hybridized carbons (Fsp3) is 0.538. The van der Waals surface area contributed by atoms with Crippen molar-refractivity contribution < 1.29 is 8.42 Å². The molecule has 94 valence electrons. The van der Waals surface area contributed by atoms with E-state index in [0.717, 1.165) is 6.42 Å². The van der Waals surface area contributed by atoms with E-state index in [2.05, 4.69) is 6.07 Å². The van der Waals surface area contributed by atoms with Crippen molar-refractivity contribution in [2.24, 2.45) is 11.7 Å². The van der Waals surface area contributed by atoms with E-state index in [-0.39, 0.29) is 23.5 Å². The molecule has 0 saturated carbocycles. The normalized spacial score (nSPS) is 23.6. The molecule has 0 spiro atoms. The summed E-state index contributed by atoms with van der Waals surface area (Å²) >= 11 is 0. The van der Waals surface area contributed by atoms with Crippen molar-refractivity contribution in [3.63, 3.8) is 0 Å². The Morgan fingerprint density at radius 1 is 1.35 bits per heavy atom. The maximum Gasteiger partial charge on any atom is 0.150 e. The van der Waals surface area contributed by atoms with Crippen LogP contribution in [0.25, 0.3) is 0 Å². The molecule has 0 bridgehead atoms. The van der Waals surface area contributed by atoms with Crippen molar-refractivity contribution in [3.05, 3.63) is 35.4 Å². The fourth-order valence-corrected chi connectivity index (χ4v) is 3.42. The van der Waals surface area contributed by atoms with Gasteiger partial charge in [0.15, 0.2) is 0 Å². The van der Waals surface area contributed by atoms with Gasteiger partial charge >= 0.3 is 0 Å². The first-order valence-electron chi connectivity index (χ1n) is 6.07. The molecule has 17 heavy (non-hydrogen) atoms. The van der Waals surface area contributed by atoms with Crippen molar-refractivity contribution in [2.45, 2.75) is 25.8 Å². The summed E-state index contributed by atoms with van der Waals surface area (Å²) in [5.74, 6) is 0.756. The first-order chi connectivity index (χ1) is 8.03. The van der Waals surface area contributed by atoms with Gasteiger partial charge in [0.05, 0.1) is 5.75 Å². The molecule has 3 nitrogen and oxygen atoms in total. The molecule has 0 saturated heterocycles. The molecule has 4 heteroatoms. The number of sulfone groups is 1. The molecule has 1 aromatic rings. The van der Waals surface area contributed by atoms with Gasteiger partial charge in [-0.2, -0.15) is 0 Å². The molecule has 2 N–H and O–H groups in total. The summed E-state index contributed by atoms with van der Waals surface area (Å²) in [6.45, 7) is 1.69. The summed E-state index contributed by atoms with van der Waals surface area (Å²) in [6.07, 6.45) is 1.59. The topological polar surface area (TPSA) is 60.2 Å². The molecule has 0 radical (unpaired) electrons. The van der Waals surface area contributed by atoms with Crippen LogP contribution in [0.1, 0.15) is 30.5 Å². The average Bonchev–Trinajstić information content (AvgIpc) is 2.65. The highest BCUT2D eigenvalue weighted by Crippen LogP contribution is 2.36. The average molecular weight is 253 g/mol. The van der Waals surface area contributed by atoms with Crippen molar-refractivity contribution in [2.75, 3.05) is 11.5 Å². The molecule has 0 aliphatic heterocycles. The van der Waals surface area contributed by atoms with E-state index in [1.165, 1.54) is 11.1 Å². The Balaban J connectivity index is 2.03. The maximum atomic E-state index is 11.5. The molecule has 0 heterocycles. The predicted octanol–water partition coefficient (Wildman–Crippen LogP) is 1.68. The van der Waals surface area contributed by atoms with Crippen LogP contribution in [0.2, 0.25) is 0 Å². The largest absolute Gasteiger partial charge is 0.324 e. The molecular weight excluding hydrogens is 234 g/mol. The van der Waals surface area contributed by atoms with Gasteiger partial charge in [-0.1, -0.05) is 31.2 Å². The minimum atomic E-state index is -2.87. The molecule has 0 fully saturated rings. The standard InChI is InChI=1S/C13H19NO2S/c1-2-17(15,16)8-7-11-9-10-5-3-4-6-12(10)13(11)14/h3-6,11,13H,2,7-9,14H2,1H3. The third-order valence-electron chi connectivity index (χ3n) is 3.64. The summed E-state index contributed by atoms with van der Waals surface area (Å²) in [7, 11) is -2.87. The number of hydrogen-bond acceptors (Lipinski definition) is 3. The first kappa shape index (κ1) is 12.6. The van der Waals surface area contributed by atoms with Crippen LogP contribution in [-0.2, 0) is 16.3 Å². The third-order valence-corrected chi connectivity index (χ3v) is 5.38. The van der Waals surface area contributed by atoms with Crippen LogP contribution < -0.4 is 5.73 Å². The van der Waals surface area contributed by atoms with Gasteiger partial charge in [-0.25, -0.2) is 8.42 Å². The number of rotatable bonds is 4. The Labute approximate surface area is 103 Å². The minimum Gasteiger partial charge on any atom is -0.324 e. The molecule has 1 aromatic carbocycles. The quantitative estimate of drug-likeness (QED) is 0.888. The summed E-state index contributed by atoms with van der Waals surface area (Å²) in [6, 6.07) is 8.14. The van der Waals surface area contributed by atoms with E-state index in [0.29, 0.717) is 6.42 Å². The summed E-state index contributed by atoms with van der Waals surface area (Å²) in [5.41, 5.74) is 8.63. The zero-order valence-corrected chi connectivity index (χ0v) is 10.9. The second-order valence-electron chi connectivity index (χ2n) is 4.71. The Kier molecular flexibility index (Phi) is 3.54. The highest BCUT2D eigenvalue weighted by atomic mass is 32.2. The van der Waals surface area contributed by atoms with Crippen molar-refractivity contribution >= 4 is 9.84 Å². The highest BCUT2D eigenvalue weighted by Gasteiger charge is 2.29. The minimum absolute atomic E-state index is 0.00161. The Morgan fingerprint density at radius 3 is 2.71 bits per heavy atom. The number of benzene rings is 1. The van der Waals surface area contributed by atoms with E-state index in [9.17, 15) is 8.42 Å². The van der Waals surface area contributed by atoms with Crippen LogP contribution in [0.4, 0.5) is 0 Å². The lowest BCUT2D eigenvalue weighted by Crippen LogP contribution is -2.20. The lowest BCUT2D eigenvalue weighted by atomic mass is 9.99. The molecule has 2 unspecified atom stereocenters. The fourth-order valence-electron chi connectivity index (χ4n) is 2.47. The molecule has 2 rings (SSSR count). The molecular formula is C13H19NO2S. The molecule has 1 aliphatic rings. The number of hydrogen-bond donors (Lipinski definition) is 1. The predicted molar refractivity (Wildman–Crippen MR) is 69.5 cm³/mol. The SMILES string of the molecule is CCS(=O)(=O)CCC1Cc2ccccc2C1N. The van der Waals surface area contributed by atoms with Gasteiger partial charge in [-0.05, 0) is 29.9 Å². The van der Waals surface area contributed by atoms with Crippen LogP contribution in [-0.4, -0.2) is 19.9 Å². The van der Waals surface area contributed by atoms with Crippen molar-refractivity contribution in [1.82, 2.24) is 0 Å². The van der Waals surface area contributed by atoms with Gasteiger partial charge in [0.1, 0.15) is 9.84 Å². The van der Waals surface area contributed by atoms with E-state index >= 15 is 0 Å². The van der Waals surface area contributed by atoms with Gasteiger partial charge in [0.2, 0.25) is 0 Å². The lowest BCUT2D eigenvalue weighted by molar-refractivity contribution is 0.451. The van der Waals surface area contributed by atoms with E-state index < -0.39 is 9.84 Å². The zero-order chi connectivity index (χ0) is 12.5. The smallest absolute Gasteiger partial charge is 0.150 e. The second-order valence-corrected chi connectivity index (χ2v) is 7.19. The van der Waals surface area contributed by atoms with Gasteiger partial charge in [-0.15, -0.1) is 0 Å². The van der Waals surface area contributed by atoms with Crippen molar-refractivity contribution in [1.29, 1.82) is 0 Å².